The summed E-state index contributed by atoms with van der Waals surface area (Å²) in [5.41, 5.74) is 0. The highest BCUT2D eigenvalue weighted by atomic mass is 32.1. The number of amides is 2. The van der Waals surface area contributed by atoms with Gasteiger partial charge in [0.1, 0.15) is 0 Å². The molecule has 1 aliphatic rings. The van der Waals surface area contributed by atoms with Crippen molar-refractivity contribution in [1.29, 1.82) is 0 Å². The molecule has 1 aliphatic heterocycles. The van der Waals surface area contributed by atoms with Crippen LogP contribution in [0.1, 0.15) is 19.3 Å². The monoisotopic (exact) mass is 199 g/mol. The second kappa shape index (κ2) is 5.07. The number of carbonyl (C=O) groups excluding carboxylic acids is 2. The zero-order valence-electron chi connectivity index (χ0n) is 7.40. The molecule has 0 aliphatic carbocycles. The quantitative estimate of drug-likeness (QED) is 0.418. The van der Waals surface area contributed by atoms with Crippen LogP contribution in [-0.2, 0) is 9.59 Å². The predicted molar refractivity (Wildman–Crippen MR) is 53.6 cm³/mol. The Morgan fingerprint density at radius 3 is 2.38 bits per heavy atom. The lowest BCUT2D eigenvalue weighted by molar-refractivity contribution is -0.147. The molecule has 1 rings (SSSR count). The van der Waals surface area contributed by atoms with Crippen molar-refractivity contribution >= 4 is 24.4 Å². The first-order valence-electron chi connectivity index (χ1n) is 4.34. The molecule has 0 radical (unpaired) electrons. The maximum atomic E-state index is 11.3. The first-order chi connectivity index (χ1) is 6.25. The van der Waals surface area contributed by atoms with Crippen LogP contribution in [0.5, 0.6) is 0 Å². The number of nitrogens with zero attached hydrogens (tertiary/aromatic N) is 1. The van der Waals surface area contributed by atoms with Gasteiger partial charge in [-0.05, 0) is 6.42 Å². The Balaban J connectivity index is 2.49. The van der Waals surface area contributed by atoms with Crippen LogP contribution in [0.15, 0.2) is 12.2 Å². The van der Waals surface area contributed by atoms with E-state index < -0.39 is 0 Å². The van der Waals surface area contributed by atoms with Crippen molar-refractivity contribution in [1.82, 2.24) is 4.90 Å². The Kier molecular flexibility index (Phi) is 4.02. The number of hydrogen-bond acceptors (Lipinski definition) is 3. The Bertz CT molecular complexity index is 222. The molecule has 1 heterocycles. The molecule has 4 heteroatoms. The van der Waals surface area contributed by atoms with Crippen molar-refractivity contribution in [2.45, 2.75) is 19.3 Å². The third kappa shape index (κ3) is 2.88. The van der Waals surface area contributed by atoms with E-state index in [0.717, 1.165) is 0 Å². The van der Waals surface area contributed by atoms with Gasteiger partial charge in [-0.1, -0.05) is 12.2 Å². The van der Waals surface area contributed by atoms with E-state index in [1.54, 1.807) is 6.08 Å². The zero-order chi connectivity index (χ0) is 9.68. The van der Waals surface area contributed by atoms with Gasteiger partial charge < -0.3 is 0 Å². The van der Waals surface area contributed by atoms with E-state index in [2.05, 4.69) is 12.6 Å². The van der Waals surface area contributed by atoms with Gasteiger partial charge in [0.2, 0.25) is 11.8 Å². The van der Waals surface area contributed by atoms with Crippen LogP contribution < -0.4 is 0 Å². The van der Waals surface area contributed by atoms with Crippen LogP contribution in [0.2, 0.25) is 0 Å². The number of imide groups is 1. The molecule has 0 unspecified atom stereocenters. The largest absolute Gasteiger partial charge is 0.279 e. The van der Waals surface area contributed by atoms with Crippen LogP contribution in [0.3, 0.4) is 0 Å². The molecule has 0 N–H and O–H groups in total. The molecule has 13 heavy (non-hydrogen) atoms. The average Bonchev–Trinajstić information content (AvgIpc) is 2.10. The van der Waals surface area contributed by atoms with Crippen LogP contribution in [0, 0.1) is 0 Å². The minimum atomic E-state index is -0.0555. The number of piperidine rings is 1. The summed E-state index contributed by atoms with van der Waals surface area (Å²) >= 11 is 3.99. The molecular formula is C9H13NO2S. The van der Waals surface area contributed by atoms with Gasteiger partial charge in [0.15, 0.2) is 0 Å². The summed E-state index contributed by atoms with van der Waals surface area (Å²) in [6, 6.07) is 0. The van der Waals surface area contributed by atoms with Crippen molar-refractivity contribution < 1.29 is 9.59 Å². The van der Waals surface area contributed by atoms with E-state index in [1.165, 1.54) is 4.90 Å². The summed E-state index contributed by atoms with van der Waals surface area (Å²) < 4.78 is 0. The van der Waals surface area contributed by atoms with Crippen LogP contribution in [0.4, 0.5) is 0 Å². The molecule has 2 amide bonds. The van der Waals surface area contributed by atoms with E-state index in [0.29, 0.717) is 31.6 Å². The Labute approximate surface area is 83.2 Å². The lowest BCUT2D eigenvalue weighted by atomic mass is 10.1. The predicted octanol–water partition coefficient (Wildman–Crippen LogP) is 1.01. The number of likely N-dealkylation sites (tertiary alicyclic amines) is 1. The smallest absolute Gasteiger partial charge is 0.229 e. The SMILES string of the molecule is O=C1CCCC(=O)N1CC=CCS. The van der Waals surface area contributed by atoms with Crippen molar-refractivity contribution in [2.24, 2.45) is 0 Å². The van der Waals surface area contributed by atoms with E-state index in [4.69, 9.17) is 0 Å². The van der Waals surface area contributed by atoms with Gasteiger partial charge in [-0.25, -0.2) is 0 Å². The summed E-state index contributed by atoms with van der Waals surface area (Å²) in [5, 5.41) is 0. The molecule has 0 atom stereocenters. The van der Waals surface area contributed by atoms with E-state index in [1.807, 2.05) is 6.08 Å². The zero-order valence-corrected chi connectivity index (χ0v) is 8.30. The number of rotatable bonds is 3. The first-order valence-corrected chi connectivity index (χ1v) is 4.98. The Morgan fingerprint density at radius 1 is 1.23 bits per heavy atom. The molecule has 1 saturated heterocycles. The highest BCUT2D eigenvalue weighted by Crippen LogP contribution is 2.11. The second-order valence-electron chi connectivity index (χ2n) is 2.91. The molecular weight excluding hydrogens is 186 g/mol. The molecule has 72 valence electrons. The molecule has 0 aromatic carbocycles. The van der Waals surface area contributed by atoms with Gasteiger partial charge in [-0.15, -0.1) is 0 Å². The standard InChI is InChI=1S/C9H13NO2S/c11-8-4-3-5-9(12)10(8)6-1-2-7-13/h1-2,13H,3-7H2. The fourth-order valence-electron chi connectivity index (χ4n) is 1.26. The lowest BCUT2D eigenvalue weighted by Gasteiger charge is -2.23. The Hall–Kier alpha value is -0.770. The highest BCUT2D eigenvalue weighted by molar-refractivity contribution is 7.80. The molecule has 1 fully saturated rings. The van der Waals surface area contributed by atoms with E-state index >= 15 is 0 Å². The number of carbonyl (C=O) groups is 2. The Morgan fingerprint density at radius 2 is 1.85 bits per heavy atom. The van der Waals surface area contributed by atoms with Crippen molar-refractivity contribution in [2.75, 3.05) is 12.3 Å². The molecule has 3 nitrogen and oxygen atoms in total. The summed E-state index contributed by atoms with van der Waals surface area (Å²) in [6.45, 7) is 0.401. The normalized spacial score (nSPS) is 18.7. The van der Waals surface area contributed by atoms with Gasteiger partial charge in [-0.2, -0.15) is 12.6 Å². The highest BCUT2D eigenvalue weighted by Gasteiger charge is 2.24. The third-order valence-corrected chi connectivity index (χ3v) is 2.15. The maximum absolute atomic E-state index is 11.3. The van der Waals surface area contributed by atoms with Gasteiger partial charge in [0.25, 0.3) is 0 Å². The van der Waals surface area contributed by atoms with Crippen LogP contribution in [0.25, 0.3) is 0 Å². The minimum Gasteiger partial charge on any atom is -0.279 e. The number of thiol groups is 1. The minimum absolute atomic E-state index is 0.0555. The maximum Gasteiger partial charge on any atom is 0.229 e. The summed E-state index contributed by atoms with van der Waals surface area (Å²) in [7, 11) is 0. The summed E-state index contributed by atoms with van der Waals surface area (Å²) in [4.78, 5) is 23.8. The second-order valence-corrected chi connectivity index (χ2v) is 3.27. The molecule has 0 aromatic rings. The van der Waals surface area contributed by atoms with Gasteiger partial charge >= 0.3 is 0 Å². The molecule has 0 saturated carbocycles. The van der Waals surface area contributed by atoms with Crippen molar-refractivity contribution in [3.8, 4) is 0 Å². The fraction of sp³-hybridized carbons (Fsp3) is 0.556. The first kappa shape index (κ1) is 10.3. The summed E-state index contributed by atoms with van der Waals surface area (Å²) in [6.07, 6.45) is 5.33. The lowest BCUT2D eigenvalue weighted by Crippen LogP contribution is -2.40. The summed E-state index contributed by atoms with van der Waals surface area (Å²) in [5.74, 6) is 0.524. The molecule has 0 bridgehead atoms. The van der Waals surface area contributed by atoms with Crippen LogP contribution >= 0.6 is 12.6 Å². The van der Waals surface area contributed by atoms with Gasteiger partial charge in [0, 0.05) is 25.1 Å². The topological polar surface area (TPSA) is 37.4 Å². The number of hydrogen-bond donors (Lipinski definition) is 1. The average molecular weight is 199 g/mol. The van der Waals surface area contributed by atoms with E-state index in [9.17, 15) is 9.59 Å². The van der Waals surface area contributed by atoms with Crippen molar-refractivity contribution in [3.63, 3.8) is 0 Å². The molecule has 0 spiro atoms. The van der Waals surface area contributed by atoms with E-state index in [-0.39, 0.29) is 11.8 Å². The molecule has 0 aromatic heterocycles. The van der Waals surface area contributed by atoms with Crippen LogP contribution in [-0.4, -0.2) is 29.0 Å². The van der Waals surface area contributed by atoms with Gasteiger partial charge in [0.05, 0.1) is 0 Å². The van der Waals surface area contributed by atoms with Gasteiger partial charge in [-0.3, -0.25) is 14.5 Å². The van der Waals surface area contributed by atoms with Crippen molar-refractivity contribution in [3.05, 3.63) is 12.2 Å². The third-order valence-electron chi connectivity index (χ3n) is 1.94. The fourth-order valence-corrected chi connectivity index (χ4v) is 1.41.